The Morgan fingerprint density at radius 2 is 1.85 bits per heavy atom. The number of nitrogens with one attached hydrogen (secondary N) is 1. The normalized spacial score (nSPS) is 10.9. The molecule has 0 unspecified atom stereocenters. The van der Waals surface area contributed by atoms with Crippen molar-refractivity contribution in [1.29, 1.82) is 0 Å². The standard InChI is InChI=1S/C17H15BrN4O5/c1-21-14(19)11(15(24)22(2)17(21)26)10(23)7-27-16(25)13-12(18)8-5-3-4-6-9(8)20-13/h3-6,20H,7,19H2,1-2H3. The number of esters is 1. The van der Waals surface area contributed by atoms with Crippen LogP contribution in [-0.2, 0) is 18.8 Å². The molecule has 0 amide bonds. The van der Waals surface area contributed by atoms with Crippen molar-refractivity contribution in [3.63, 3.8) is 0 Å². The minimum Gasteiger partial charge on any atom is -0.453 e. The summed E-state index contributed by atoms with van der Waals surface area (Å²) in [7, 11) is 2.57. The Balaban J connectivity index is 1.86. The number of H-pyrrole nitrogens is 1. The molecule has 9 nitrogen and oxygen atoms in total. The zero-order chi connectivity index (χ0) is 19.9. The number of rotatable bonds is 4. The fourth-order valence-corrected chi connectivity index (χ4v) is 3.25. The predicted molar refractivity (Wildman–Crippen MR) is 102 cm³/mol. The molecule has 0 saturated carbocycles. The SMILES string of the molecule is Cn1c(N)c(C(=O)COC(=O)c2[nH]c3ccccc3c2Br)c(=O)n(C)c1=O. The van der Waals surface area contributed by atoms with Crippen molar-refractivity contribution in [3.8, 4) is 0 Å². The molecule has 0 bridgehead atoms. The quantitative estimate of drug-likeness (QED) is 0.464. The molecule has 0 aliphatic carbocycles. The number of nitrogens with two attached hydrogens (primary N) is 1. The summed E-state index contributed by atoms with van der Waals surface area (Å²) < 4.78 is 7.28. The highest BCUT2D eigenvalue weighted by Gasteiger charge is 2.23. The fraction of sp³-hybridized carbons (Fsp3) is 0.176. The van der Waals surface area contributed by atoms with E-state index in [2.05, 4.69) is 20.9 Å². The smallest absolute Gasteiger partial charge is 0.356 e. The second-order valence-electron chi connectivity index (χ2n) is 5.82. The second kappa shape index (κ2) is 6.88. The number of hydrogen-bond acceptors (Lipinski definition) is 6. The van der Waals surface area contributed by atoms with Gasteiger partial charge in [0.25, 0.3) is 5.56 Å². The number of anilines is 1. The van der Waals surface area contributed by atoms with Crippen LogP contribution in [-0.4, -0.2) is 32.5 Å². The Bertz CT molecular complexity index is 1200. The second-order valence-corrected chi connectivity index (χ2v) is 6.62. The third-order valence-electron chi connectivity index (χ3n) is 4.17. The lowest BCUT2D eigenvalue weighted by molar-refractivity contribution is 0.0468. The summed E-state index contributed by atoms with van der Waals surface area (Å²) in [6.07, 6.45) is 0. The first-order valence-corrected chi connectivity index (χ1v) is 8.55. The van der Waals surface area contributed by atoms with Gasteiger partial charge in [-0.05, 0) is 22.0 Å². The molecule has 3 N–H and O–H groups in total. The van der Waals surface area contributed by atoms with Crippen molar-refractivity contribution in [3.05, 3.63) is 60.8 Å². The molecule has 3 aromatic rings. The number of aromatic nitrogens is 3. The Morgan fingerprint density at radius 3 is 2.52 bits per heavy atom. The molecule has 2 aromatic heterocycles. The minimum atomic E-state index is -0.844. The number of carbonyl (C=O) groups excluding carboxylic acids is 2. The minimum absolute atomic E-state index is 0.144. The molecule has 3 rings (SSSR count). The first-order chi connectivity index (χ1) is 12.7. The van der Waals surface area contributed by atoms with Gasteiger partial charge in [0.1, 0.15) is 17.1 Å². The Hall–Kier alpha value is -3.14. The van der Waals surface area contributed by atoms with Gasteiger partial charge in [-0.3, -0.25) is 18.7 Å². The topological polar surface area (TPSA) is 129 Å². The van der Waals surface area contributed by atoms with Gasteiger partial charge in [-0.2, -0.15) is 0 Å². The van der Waals surface area contributed by atoms with Crippen LogP contribution in [0.25, 0.3) is 10.9 Å². The summed E-state index contributed by atoms with van der Waals surface area (Å²) in [4.78, 5) is 51.6. The molecule has 0 aliphatic heterocycles. The van der Waals surface area contributed by atoms with E-state index in [4.69, 9.17) is 10.5 Å². The fourth-order valence-electron chi connectivity index (χ4n) is 2.65. The van der Waals surface area contributed by atoms with Crippen LogP contribution in [0.2, 0.25) is 0 Å². The third-order valence-corrected chi connectivity index (χ3v) is 4.99. The van der Waals surface area contributed by atoms with Crippen LogP contribution in [0.15, 0.2) is 38.3 Å². The van der Waals surface area contributed by atoms with Crippen molar-refractivity contribution in [1.82, 2.24) is 14.1 Å². The van der Waals surface area contributed by atoms with E-state index in [0.29, 0.717) is 4.47 Å². The number of benzene rings is 1. The van der Waals surface area contributed by atoms with Crippen molar-refractivity contribution in [2.24, 2.45) is 14.1 Å². The number of nitrogens with zero attached hydrogens (tertiary/aromatic N) is 2. The van der Waals surface area contributed by atoms with Gasteiger partial charge in [-0.1, -0.05) is 18.2 Å². The van der Waals surface area contributed by atoms with Gasteiger partial charge in [-0.15, -0.1) is 0 Å². The summed E-state index contributed by atoms with van der Waals surface area (Å²) in [5.74, 6) is -1.85. The number of carbonyl (C=O) groups is 2. The lowest BCUT2D eigenvalue weighted by Gasteiger charge is -2.10. The number of hydrogen-bond donors (Lipinski definition) is 2. The molecule has 0 spiro atoms. The van der Waals surface area contributed by atoms with Gasteiger partial charge in [0.15, 0.2) is 6.61 Å². The molecule has 1 aromatic carbocycles. The summed E-state index contributed by atoms with van der Waals surface area (Å²) in [5.41, 5.74) is 4.68. The van der Waals surface area contributed by atoms with Crippen LogP contribution in [0.1, 0.15) is 20.8 Å². The highest BCUT2D eigenvalue weighted by molar-refractivity contribution is 9.10. The van der Waals surface area contributed by atoms with E-state index >= 15 is 0 Å². The largest absolute Gasteiger partial charge is 0.453 e. The number of aromatic amines is 1. The van der Waals surface area contributed by atoms with Gasteiger partial charge in [0, 0.05) is 25.0 Å². The summed E-state index contributed by atoms with van der Waals surface area (Å²) in [5, 5.41) is 0.784. The van der Waals surface area contributed by atoms with E-state index in [1.807, 2.05) is 18.2 Å². The van der Waals surface area contributed by atoms with Crippen molar-refractivity contribution in [2.75, 3.05) is 12.3 Å². The zero-order valence-corrected chi connectivity index (χ0v) is 16.0. The molecule has 0 atom stereocenters. The summed E-state index contributed by atoms with van der Waals surface area (Å²) in [6.45, 7) is -0.696. The maximum atomic E-state index is 12.4. The molecule has 140 valence electrons. The van der Waals surface area contributed by atoms with E-state index in [0.717, 1.165) is 20.0 Å². The van der Waals surface area contributed by atoms with E-state index in [1.54, 1.807) is 6.07 Å². The van der Waals surface area contributed by atoms with Gasteiger partial charge < -0.3 is 15.5 Å². The highest BCUT2D eigenvalue weighted by atomic mass is 79.9. The Morgan fingerprint density at radius 1 is 1.19 bits per heavy atom. The molecular weight excluding hydrogens is 420 g/mol. The van der Waals surface area contributed by atoms with Crippen LogP contribution in [0.5, 0.6) is 0 Å². The number of ketones is 1. The molecular formula is C17H15BrN4O5. The van der Waals surface area contributed by atoms with E-state index in [1.165, 1.54) is 14.1 Å². The van der Waals surface area contributed by atoms with Gasteiger partial charge in [0.2, 0.25) is 5.78 Å². The number of fused-ring (bicyclic) bond motifs is 1. The predicted octanol–water partition coefficient (Wildman–Crippen LogP) is 0.950. The molecule has 0 aliphatic rings. The van der Waals surface area contributed by atoms with Crippen LogP contribution >= 0.6 is 15.9 Å². The number of nitrogen functional groups attached to an aromatic ring is 1. The third kappa shape index (κ3) is 3.08. The number of para-hydroxylation sites is 1. The molecule has 0 saturated heterocycles. The highest BCUT2D eigenvalue weighted by Crippen LogP contribution is 2.28. The van der Waals surface area contributed by atoms with Crippen LogP contribution in [0.4, 0.5) is 5.82 Å². The molecule has 10 heteroatoms. The van der Waals surface area contributed by atoms with Crippen LogP contribution < -0.4 is 17.0 Å². The average molecular weight is 435 g/mol. The Kier molecular flexibility index (Phi) is 4.75. The number of ether oxygens (including phenoxy) is 1. The lowest BCUT2D eigenvalue weighted by atomic mass is 10.2. The van der Waals surface area contributed by atoms with E-state index in [-0.39, 0.29) is 11.5 Å². The first kappa shape index (κ1) is 18.6. The molecule has 0 fully saturated rings. The van der Waals surface area contributed by atoms with Gasteiger partial charge in [0.05, 0.1) is 4.47 Å². The van der Waals surface area contributed by atoms with E-state index in [9.17, 15) is 19.2 Å². The monoisotopic (exact) mass is 434 g/mol. The van der Waals surface area contributed by atoms with Crippen LogP contribution in [0, 0.1) is 0 Å². The molecule has 27 heavy (non-hydrogen) atoms. The average Bonchev–Trinajstić information content (AvgIpc) is 3.00. The molecule has 0 radical (unpaired) electrons. The number of Topliss-reactive ketones (excluding diaryl/α,β-unsaturated/α-hetero) is 1. The lowest BCUT2D eigenvalue weighted by Crippen LogP contribution is -2.42. The van der Waals surface area contributed by atoms with Crippen molar-refractivity contribution < 1.29 is 14.3 Å². The summed E-state index contributed by atoms with van der Waals surface area (Å²) >= 11 is 3.33. The Labute approximate surface area is 160 Å². The van der Waals surface area contributed by atoms with Crippen LogP contribution in [0.3, 0.4) is 0 Å². The zero-order valence-electron chi connectivity index (χ0n) is 14.4. The van der Waals surface area contributed by atoms with Gasteiger partial charge in [-0.25, -0.2) is 9.59 Å². The van der Waals surface area contributed by atoms with Crippen molar-refractivity contribution >= 4 is 44.4 Å². The molecule has 2 heterocycles. The first-order valence-electron chi connectivity index (χ1n) is 7.76. The maximum absolute atomic E-state index is 12.4. The van der Waals surface area contributed by atoms with E-state index < -0.39 is 35.2 Å². The van der Waals surface area contributed by atoms with Gasteiger partial charge >= 0.3 is 11.7 Å². The van der Waals surface area contributed by atoms with Crippen molar-refractivity contribution in [2.45, 2.75) is 0 Å². The summed E-state index contributed by atoms with van der Waals surface area (Å²) in [6, 6.07) is 7.23. The maximum Gasteiger partial charge on any atom is 0.356 e. The number of halogens is 1.